The van der Waals surface area contributed by atoms with Crippen LogP contribution in [-0.4, -0.2) is 32.5 Å². The molecule has 0 aliphatic heterocycles. The van der Waals surface area contributed by atoms with Gasteiger partial charge in [0, 0.05) is 0 Å². The fourth-order valence-corrected chi connectivity index (χ4v) is 4.05. The lowest BCUT2D eigenvalue weighted by atomic mass is 9.88. The van der Waals surface area contributed by atoms with E-state index in [-0.39, 0.29) is 5.25 Å². The van der Waals surface area contributed by atoms with E-state index in [4.69, 9.17) is 0 Å². The van der Waals surface area contributed by atoms with Crippen LogP contribution in [0.3, 0.4) is 0 Å². The third kappa shape index (κ3) is 5.82. The van der Waals surface area contributed by atoms with E-state index in [9.17, 15) is 8.42 Å². The van der Waals surface area contributed by atoms with Gasteiger partial charge in [-0.25, -0.2) is 8.42 Å². The van der Waals surface area contributed by atoms with Gasteiger partial charge >= 0.3 is 0 Å². The fourth-order valence-electron chi connectivity index (χ4n) is 2.95. The smallest absolute Gasteiger partial charge is 0.152 e. The van der Waals surface area contributed by atoms with E-state index in [0.717, 1.165) is 31.8 Å². The van der Waals surface area contributed by atoms with Crippen LogP contribution < -0.4 is 5.32 Å². The first-order valence-corrected chi connectivity index (χ1v) is 9.61. The second-order valence-electron chi connectivity index (χ2n) is 6.21. The lowest BCUT2D eigenvalue weighted by Gasteiger charge is -2.24. The standard InChI is InChI=1S/C15H31NO2S/c1-4-10-16-12-15(14-7-5-6-8-14)9-11-19(17,18)13(2)3/h13-16H,4-12H2,1-3H3. The Morgan fingerprint density at radius 2 is 1.84 bits per heavy atom. The molecule has 19 heavy (non-hydrogen) atoms. The van der Waals surface area contributed by atoms with Gasteiger partial charge in [0.15, 0.2) is 9.84 Å². The molecule has 1 fully saturated rings. The molecule has 0 heterocycles. The van der Waals surface area contributed by atoms with Crippen molar-refractivity contribution in [3.05, 3.63) is 0 Å². The Labute approximate surface area is 119 Å². The van der Waals surface area contributed by atoms with Crippen LogP contribution in [0.5, 0.6) is 0 Å². The third-order valence-electron chi connectivity index (χ3n) is 4.39. The Morgan fingerprint density at radius 1 is 1.21 bits per heavy atom. The van der Waals surface area contributed by atoms with Crippen molar-refractivity contribution in [2.45, 2.75) is 64.5 Å². The topological polar surface area (TPSA) is 46.2 Å². The highest BCUT2D eigenvalue weighted by atomic mass is 32.2. The number of nitrogens with one attached hydrogen (secondary N) is 1. The van der Waals surface area contributed by atoms with Gasteiger partial charge in [-0.2, -0.15) is 0 Å². The van der Waals surface area contributed by atoms with E-state index in [1.165, 1.54) is 25.7 Å². The predicted octanol–water partition coefficient (Wildman–Crippen LogP) is 3.01. The molecule has 0 aromatic heterocycles. The zero-order chi connectivity index (χ0) is 14.3. The van der Waals surface area contributed by atoms with E-state index in [1.807, 2.05) is 0 Å². The van der Waals surface area contributed by atoms with Crippen LogP contribution in [0.15, 0.2) is 0 Å². The molecule has 1 aliphatic rings. The van der Waals surface area contributed by atoms with Crippen LogP contribution in [0.4, 0.5) is 0 Å². The molecule has 114 valence electrons. The highest BCUT2D eigenvalue weighted by Crippen LogP contribution is 2.33. The van der Waals surface area contributed by atoms with Gasteiger partial charge in [-0.15, -0.1) is 0 Å². The normalized spacial score (nSPS) is 19.2. The Balaban J connectivity index is 2.48. The summed E-state index contributed by atoms with van der Waals surface area (Å²) in [6.45, 7) is 7.78. The summed E-state index contributed by atoms with van der Waals surface area (Å²) in [5.41, 5.74) is 0. The molecule has 3 nitrogen and oxygen atoms in total. The summed E-state index contributed by atoms with van der Waals surface area (Å²) in [4.78, 5) is 0. The Bertz CT molecular complexity index is 332. The molecule has 0 saturated heterocycles. The minimum Gasteiger partial charge on any atom is -0.316 e. The molecular formula is C15H31NO2S. The zero-order valence-corrected chi connectivity index (χ0v) is 13.6. The molecule has 1 aliphatic carbocycles. The molecule has 0 aromatic carbocycles. The van der Waals surface area contributed by atoms with E-state index in [0.29, 0.717) is 11.7 Å². The fraction of sp³-hybridized carbons (Fsp3) is 1.00. The molecule has 0 bridgehead atoms. The SMILES string of the molecule is CCCNCC(CCS(=O)(=O)C(C)C)C1CCCC1. The van der Waals surface area contributed by atoms with Crippen LogP contribution in [0.2, 0.25) is 0 Å². The molecule has 1 N–H and O–H groups in total. The molecular weight excluding hydrogens is 258 g/mol. The van der Waals surface area contributed by atoms with Gasteiger partial charge in [0.25, 0.3) is 0 Å². The lowest BCUT2D eigenvalue weighted by molar-refractivity contribution is 0.315. The maximum Gasteiger partial charge on any atom is 0.152 e. The quantitative estimate of drug-likeness (QED) is 0.664. The van der Waals surface area contributed by atoms with E-state index in [2.05, 4.69) is 12.2 Å². The number of rotatable bonds is 9. The summed E-state index contributed by atoms with van der Waals surface area (Å²) in [5.74, 6) is 1.65. The maximum absolute atomic E-state index is 12.0. The first kappa shape index (κ1) is 17.0. The molecule has 0 radical (unpaired) electrons. The number of hydrogen-bond donors (Lipinski definition) is 1. The second-order valence-corrected chi connectivity index (χ2v) is 8.89. The highest BCUT2D eigenvalue weighted by molar-refractivity contribution is 7.91. The van der Waals surface area contributed by atoms with Crippen molar-refractivity contribution < 1.29 is 8.42 Å². The second kappa shape index (κ2) is 8.25. The van der Waals surface area contributed by atoms with E-state index >= 15 is 0 Å². The van der Waals surface area contributed by atoms with E-state index < -0.39 is 9.84 Å². The van der Waals surface area contributed by atoms with Gasteiger partial charge in [0.05, 0.1) is 11.0 Å². The van der Waals surface area contributed by atoms with Crippen LogP contribution in [0.1, 0.15) is 59.3 Å². The first-order valence-electron chi connectivity index (χ1n) is 7.89. The monoisotopic (exact) mass is 289 g/mol. The molecule has 0 spiro atoms. The lowest BCUT2D eigenvalue weighted by Crippen LogP contribution is -2.30. The Hall–Kier alpha value is -0.0900. The van der Waals surface area contributed by atoms with Crippen LogP contribution in [0.25, 0.3) is 0 Å². The summed E-state index contributed by atoms with van der Waals surface area (Å²) < 4.78 is 23.9. The molecule has 1 rings (SSSR count). The first-order chi connectivity index (χ1) is 8.97. The van der Waals surface area contributed by atoms with Gasteiger partial charge in [0.1, 0.15) is 0 Å². The van der Waals surface area contributed by atoms with Gasteiger partial charge in [0.2, 0.25) is 0 Å². The maximum atomic E-state index is 12.0. The summed E-state index contributed by atoms with van der Waals surface area (Å²) in [5, 5.41) is 3.25. The highest BCUT2D eigenvalue weighted by Gasteiger charge is 2.27. The van der Waals surface area contributed by atoms with Crippen molar-refractivity contribution in [1.29, 1.82) is 0 Å². The average molecular weight is 289 g/mol. The third-order valence-corrected chi connectivity index (χ3v) is 6.63. The Morgan fingerprint density at radius 3 is 2.37 bits per heavy atom. The van der Waals surface area contributed by atoms with Crippen molar-refractivity contribution in [3.63, 3.8) is 0 Å². The molecule has 1 unspecified atom stereocenters. The minimum atomic E-state index is -2.88. The average Bonchev–Trinajstić information content (AvgIpc) is 2.87. The van der Waals surface area contributed by atoms with Crippen molar-refractivity contribution in [1.82, 2.24) is 5.32 Å². The van der Waals surface area contributed by atoms with Crippen LogP contribution >= 0.6 is 0 Å². The molecule has 0 aromatic rings. The zero-order valence-electron chi connectivity index (χ0n) is 12.8. The van der Waals surface area contributed by atoms with Crippen molar-refractivity contribution in [2.24, 2.45) is 11.8 Å². The van der Waals surface area contributed by atoms with Crippen LogP contribution in [0, 0.1) is 11.8 Å². The molecule has 1 saturated carbocycles. The van der Waals surface area contributed by atoms with Gasteiger partial charge < -0.3 is 5.32 Å². The summed E-state index contributed by atoms with van der Waals surface area (Å²) in [6, 6.07) is 0. The van der Waals surface area contributed by atoms with Crippen molar-refractivity contribution in [3.8, 4) is 0 Å². The number of sulfone groups is 1. The largest absolute Gasteiger partial charge is 0.316 e. The minimum absolute atomic E-state index is 0.236. The van der Waals surface area contributed by atoms with Gasteiger partial charge in [-0.05, 0) is 51.6 Å². The van der Waals surface area contributed by atoms with Crippen molar-refractivity contribution >= 4 is 9.84 Å². The summed E-state index contributed by atoms with van der Waals surface area (Å²) >= 11 is 0. The van der Waals surface area contributed by atoms with Crippen LogP contribution in [-0.2, 0) is 9.84 Å². The summed E-state index contributed by atoms with van der Waals surface area (Å²) in [6.07, 6.45) is 7.21. The van der Waals surface area contributed by atoms with Crippen molar-refractivity contribution in [2.75, 3.05) is 18.8 Å². The molecule has 1 atom stereocenters. The molecule has 0 amide bonds. The van der Waals surface area contributed by atoms with Gasteiger partial charge in [-0.3, -0.25) is 0 Å². The summed E-state index contributed by atoms with van der Waals surface area (Å²) in [7, 11) is -2.88. The van der Waals surface area contributed by atoms with E-state index in [1.54, 1.807) is 13.8 Å². The Kier molecular flexibility index (Phi) is 7.37. The van der Waals surface area contributed by atoms with Gasteiger partial charge in [-0.1, -0.05) is 32.6 Å². The molecule has 4 heteroatoms. The predicted molar refractivity (Wildman–Crippen MR) is 82.1 cm³/mol. The number of hydrogen-bond acceptors (Lipinski definition) is 3.